The van der Waals surface area contributed by atoms with Crippen LogP contribution in [0.3, 0.4) is 0 Å². The first-order valence-corrected chi connectivity index (χ1v) is 7.06. The molecule has 0 saturated carbocycles. The molecule has 0 saturated heterocycles. The van der Waals surface area contributed by atoms with Crippen molar-refractivity contribution in [3.8, 4) is 0 Å². The zero-order valence-corrected chi connectivity index (χ0v) is 12.9. The van der Waals surface area contributed by atoms with Gasteiger partial charge < -0.3 is 22.1 Å². The number of primary amides is 1. The van der Waals surface area contributed by atoms with Gasteiger partial charge in [0.15, 0.2) is 11.6 Å². The van der Waals surface area contributed by atoms with E-state index in [0.29, 0.717) is 12.2 Å². The molecule has 0 fully saturated rings. The Morgan fingerprint density at radius 3 is 2.70 bits per heavy atom. The van der Waals surface area contributed by atoms with Gasteiger partial charge in [-0.05, 0) is 31.5 Å². The maximum Gasteiger partial charge on any atom is 0.252 e. The van der Waals surface area contributed by atoms with Crippen LogP contribution in [0.5, 0.6) is 0 Å². The quantitative estimate of drug-likeness (QED) is 0.641. The van der Waals surface area contributed by atoms with Gasteiger partial charge in [-0.3, -0.25) is 9.78 Å². The molecular formula is C15H19FN6O. The Bertz CT molecular complexity index is 721. The number of nitrogens with one attached hydrogen (secondary N) is 2. The first-order valence-electron chi connectivity index (χ1n) is 7.06. The molecule has 7 nitrogen and oxygen atoms in total. The van der Waals surface area contributed by atoms with Gasteiger partial charge in [0, 0.05) is 18.8 Å². The summed E-state index contributed by atoms with van der Waals surface area (Å²) >= 11 is 0. The molecule has 23 heavy (non-hydrogen) atoms. The van der Waals surface area contributed by atoms with E-state index in [1.165, 1.54) is 0 Å². The number of nitrogens with two attached hydrogens (primary N) is 2. The third-order valence-corrected chi connectivity index (χ3v) is 3.12. The summed E-state index contributed by atoms with van der Waals surface area (Å²) in [5, 5.41) is 5.79. The van der Waals surface area contributed by atoms with Gasteiger partial charge in [0.1, 0.15) is 5.82 Å². The number of aryl methyl sites for hydroxylation is 1. The average molecular weight is 318 g/mol. The number of anilines is 3. The number of carbonyl (C=O) groups excluding carboxylic acids is 1. The van der Waals surface area contributed by atoms with Crippen molar-refractivity contribution in [2.45, 2.75) is 19.9 Å². The minimum atomic E-state index is -0.780. The van der Waals surface area contributed by atoms with Gasteiger partial charge in [0.25, 0.3) is 5.91 Å². The van der Waals surface area contributed by atoms with Gasteiger partial charge in [-0.25, -0.2) is 9.37 Å². The fraction of sp³-hybridized carbons (Fsp3) is 0.267. The van der Waals surface area contributed by atoms with Crippen molar-refractivity contribution in [2.24, 2.45) is 11.5 Å². The molecule has 122 valence electrons. The summed E-state index contributed by atoms with van der Waals surface area (Å²) in [6.45, 7) is 3.98. The van der Waals surface area contributed by atoms with Crippen molar-refractivity contribution in [3.63, 3.8) is 0 Å². The maximum atomic E-state index is 14.1. The molecule has 0 bridgehead atoms. The predicted molar refractivity (Wildman–Crippen MR) is 87.1 cm³/mol. The Hall–Kier alpha value is -2.74. The molecule has 0 radical (unpaired) electrons. The molecule has 6 N–H and O–H groups in total. The lowest BCUT2D eigenvalue weighted by Gasteiger charge is -2.16. The number of rotatable bonds is 6. The van der Waals surface area contributed by atoms with Crippen molar-refractivity contribution in [1.82, 2.24) is 9.97 Å². The summed E-state index contributed by atoms with van der Waals surface area (Å²) in [5.41, 5.74) is 12.3. The number of carbonyl (C=O) groups is 1. The van der Waals surface area contributed by atoms with Crippen molar-refractivity contribution in [1.29, 1.82) is 0 Å². The van der Waals surface area contributed by atoms with Gasteiger partial charge in [-0.15, -0.1) is 0 Å². The minimum Gasteiger partial charge on any atom is -0.365 e. The summed E-state index contributed by atoms with van der Waals surface area (Å²) in [5.74, 6) is -1.31. The van der Waals surface area contributed by atoms with Gasteiger partial charge in [0.2, 0.25) is 0 Å². The summed E-state index contributed by atoms with van der Waals surface area (Å²) in [6, 6.07) is 2.69. The van der Waals surface area contributed by atoms with Crippen LogP contribution in [0.1, 0.15) is 22.8 Å². The van der Waals surface area contributed by atoms with E-state index in [0.717, 1.165) is 11.6 Å². The molecule has 2 heterocycles. The molecule has 0 aliphatic heterocycles. The molecule has 1 unspecified atom stereocenters. The number of pyridine rings is 2. The normalized spacial score (nSPS) is 11.8. The fourth-order valence-electron chi connectivity index (χ4n) is 1.93. The monoisotopic (exact) mass is 318 g/mol. The lowest BCUT2D eigenvalue weighted by Crippen LogP contribution is -2.26. The van der Waals surface area contributed by atoms with Crippen LogP contribution in [0.4, 0.5) is 21.7 Å². The standard InChI is InChI=1S/C15H19FN6O/c1-8-3-10(7-19-6-8)21-14-11(13(18)23)4-12(16)15(22-14)20-9(2)5-17/h3-4,6-7,9H,5,17H2,1-2H3,(H2,18,23)(H2,20,21,22). The SMILES string of the molecule is Cc1cncc(Nc2nc(NC(C)CN)c(F)cc2C(N)=O)c1. The van der Waals surface area contributed by atoms with Crippen LogP contribution in [-0.2, 0) is 0 Å². The van der Waals surface area contributed by atoms with E-state index in [2.05, 4.69) is 20.6 Å². The number of aromatic nitrogens is 2. The molecule has 1 amide bonds. The molecule has 0 aromatic carbocycles. The van der Waals surface area contributed by atoms with Crippen molar-refractivity contribution < 1.29 is 9.18 Å². The van der Waals surface area contributed by atoms with Crippen LogP contribution in [0.25, 0.3) is 0 Å². The Morgan fingerprint density at radius 1 is 1.35 bits per heavy atom. The van der Waals surface area contributed by atoms with Crippen LogP contribution < -0.4 is 22.1 Å². The van der Waals surface area contributed by atoms with Gasteiger partial charge in [-0.2, -0.15) is 0 Å². The second kappa shape index (κ2) is 7.01. The van der Waals surface area contributed by atoms with Crippen LogP contribution in [-0.4, -0.2) is 28.5 Å². The topological polar surface area (TPSA) is 119 Å². The van der Waals surface area contributed by atoms with Crippen LogP contribution in [0.15, 0.2) is 24.5 Å². The number of hydrogen-bond acceptors (Lipinski definition) is 6. The lowest BCUT2D eigenvalue weighted by molar-refractivity contribution is 0.100. The third kappa shape index (κ3) is 4.13. The van der Waals surface area contributed by atoms with E-state index in [1.807, 2.05) is 13.0 Å². The molecular weight excluding hydrogens is 299 g/mol. The largest absolute Gasteiger partial charge is 0.365 e. The minimum absolute atomic E-state index is 0.00365. The highest BCUT2D eigenvalue weighted by atomic mass is 19.1. The van der Waals surface area contributed by atoms with Crippen LogP contribution in [0.2, 0.25) is 0 Å². The molecule has 0 aliphatic carbocycles. The average Bonchev–Trinajstić information content (AvgIpc) is 2.49. The summed E-state index contributed by atoms with van der Waals surface area (Å²) < 4.78 is 14.1. The van der Waals surface area contributed by atoms with Crippen molar-refractivity contribution in [2.75, 3.05) is 17.2 Å². The fourth-order valence-corrected chi connectivity index (χ4v) is 1.93. The zero-order valence-electron chi connectivity index (χ0n) is 12.9. The van der Waals surface area contributed by atoms with E-state index >= 15 is 0 Å². The van der Waals surface area contributed by atoms with Gasteiger partial charge in [0.05, 0.1) is 17.4 Å². The molecule has 2 aromatic rings. The molecule has 2 rings (SSSR count). The third-order valence-electron chi connectivity index (χ3n) is 3.12. The molecule has 1 atom stereocenters. The maximum absolute atomic E-state index is 14.1. The smallest absolute Gasteiger partial charge is 0.252 e. The van der Waals surface area contributed by atoms with E-state index in [9.17, 15) is 9.18 Å². The van der Waals surface area contributed by atoms with Crippen LogP contribution >= 0.6 is 0 Å². The molecule has 0 spiro atoms. The first kappa shape index (κ1) is 16.6. The number of hydrogen-bond donors (Lipinski definition) is 4. The van der Waals surface area contributed by atoms with Gasteiger partial charge >= 0.3 is 0 Å². The Balaban J connectivity index is 2.42. The van der Waals surface area contributed by atoms with E-state index in [1.54, 1.807) is 19.3 Å². The highest BCUT2D eigenvalue weighted by Gasteiger charge is 2.17. The lowest BCUT2D eigenvalue weighted by atomic mass is 10.2. The van der Waals surface area contributed by atoms with Crippen molar-refractivity contribution >= 4 is 23.2 Å². The highest BCUT2D eigenvalue weighted by Crippen LogP contribution is 2.24. The molecule has 2 aromatic heterocycles. The zero-order chi connectivity index (χ0) is 17.0. The first-order chi connectivity index (χ1) is 10.9. The Morgan fingerprint density at radius 2 is 2.09 bits per heavy atom. The van der Waals surface area contributed by atoms with Crippen LogP contribution in [0, 0.1) is 12.7 Å². The Labute approximate surface area is 133 Å². The van der Waals surface area contributed by atoms with E-state index in [-0.39, 0.29) is 23.2 Å². The van der Waals surface area contributed by atoms with Crippen molar-refractivity contribution in [3.05, 3.63) is 41.5 Å². The summed E-state index contributed by atoms with van der Waals surface area (Å²) in [6.07, 6.45) is 3.26. The number of amides is 1. The summed E-state index contributed by atoms with van der Waals surface area (Å²) in [4.78, 5) is 19.7. The highest BCUT2D eigenvalue weighted by molar-refractivity contribution is 5.98. The van der Waals surface area contributed by atoms with Gasteiger partial charge in [-0.1, -0.05) is 0 Å². The predicted octanol–water partition coefficient (Wildman–Crippen LogP) is 1.53. The van der Waals surface area contributed by atoms with E-state index < -0.39 is 11.7 Å². The Kier molecular flexibility index (Phi) is 5.07. The molecule has 8 heteroatoms. The number of nitrogens with zero attached hydrogens (tertiary/aromatic N) is 2. The molecule has 0 aliphatic rings. The second-order valence-electron chi connectivity index (χ2n) is 5.24. The number of halogens is 1. The summed E-state index contributed by atoms with van der Waals surface area (Å²) in [7, 11) is 0. The second-order valence-corrected chi connectivity index (χ2v) is 5.24. The van der Waals surface area contributed by atoms with E-state index in [4.69, 9.17) is 11.5 Å².